The third-order valence-electron chi connectivity index (χ3n) is 4.11. The van der Waals surface area contributed by atoms with Crippen molar-refractivity contribution in [3.8, 4) is 0 Å². The third-order valence-corrected chi connectivity index (χ3v) is 6.08. The van der Waals surface area contributed by atoms with E-state index in [1.54, 1.807) is 12.1 Å². The van der Waals surface area contributed by atoms with Crippen LogP contribution in [0.2, 0.25) is 5.02 Å². The lowest BCUT2D eigenvalue weighted by Gasteiger charge is -2.29. The van der Waals surface area contributed by atoms with Crippen LogP contribution in [0.4, 0.5) is 11.4 Å². The van der Waals surface area contributed by atoms with Gasteiger partial charge in [0.2, 0.25) is 11.8 Å². The van der Waals surface area contributed by atoms with Gasteiger partial charge in [-0.05, 0) is 48.9 Å². The van der Waals surface area contributed by atoms with Gasteiger partial charge >= 0.3 is 0 Å². The van der Waals surface area contributed by atoms with E-state index in [0.29, 0.717) is 29.6 Å². The van der Waals surface area contributed by atoms with Crippen molar-refractivity contribution in [3.63, 3.8) is 0 Å². The van der Waals surface area contributed by atoms with Crippen LogP contribution in [0.5, 0.6) is 0 Å². The summed E-state index contributed by atoms with van der Waals surface area (Å²) >= 11 is 11.3. The van der Waals surface area contributed by atoms with Gasteiger partial charge in [0.1, 0.15) is 0 Å². The third kappa shape index (κ3) is 5.40. The molecule has 0 aliphatic carbocycles. The van der Waals surface area contributed by atoms with E-state index in [4.69, 9.17) is 11.6 Å². The van der Waals surface area contributed by atoms with Gasteiger partial charge in [-0.2, -0.15) is 0 Å². The molecule has 0 bridgehead atoms. The van der Waals surface area contributed by atoms with Crippen molar-refractivity contribution in [1.82, 2.24) is 5.32 Å². The van der Waals surface area contributed by atoms with Gasteiger partial charge in [-0.15, -0.1) is 11.8 Å². The van der Waals surface area contributed by atoms with Crippen LogP contribution < -0.4 is 15.5 Å². The fraction of sp³-hybridized carbons (Fsp3) is 0.263. The number of carbonyl (C=O) groups excluding carboxylic acids is 2. The number of thioether (sulfide) groups is 1. The first-order chi connectivity index (χ1) is 12.9. The molecule has 2 aromatic carbocycles. The first kappa shape index (κ1) is 20.0. The van der Waals surface area contributed by atoms with Gasteiger partial charge in [-0.25, -0.2) is 0 Å². The summed E-state index contributed by atoms with van der Waals surface area (Å²) in [6.07, 6.45) is 0. The molecule has 1 aliphatic rings. The number of halogens is 2. The van der Waals surface area contributed by atoms with Crippen LogP contribution in [0.3, 0.4) is 0 Å². The molecule has 0 radical (unpaired) electrons. The molecule has 0 spiro atoms. The lowest BCUT2D eigenvalue weighted by molar-refractivity contribution is -0.120. The van der Waals surface area contributed by atoms with E-state index < -0.39 is 0 Å². The number of amides is 2. The van der Waals surface area contributed by atoms with Crippen molar-refractivity contribution in [2.45, 2.75) is 11.8 Å². The Morgan fingerprint density at radius 1 is 1.33 bits per heavy atom. The molecule has 2 amide bonds. The van der Waals surface area contributed by atoms with Gasteiger partial charge in [0, 0.05) is 28.1 Å². The first-order valence-corrected chi connectivity index (χ1v) is 10.6. The molecule has 8 heteroatoms. The molecule has 1 fully saturated rings. The van der Waals surface area contributed by atoms with E-state index in [9.17, 15) is 9.59 Å². The number of aryl methyl sites for hydroxylation is 1. The lowest BCUT2D eigenvalue weighted by atomic mass is 10.2. The van der Waals surface area contributed by atoms with Crippen LogP contribution in [0.1, 0.15) is 5.56 Å². The minimum absolute atomic E-state index is 0.0186. The summed E-state index contributed by atoms with van der Waals surface area (Å²) in [6.45, 7) is 3.61. The molecule has 0 atom stereocenters. The second-order valence-corrected chi connectivity index (χ2v) is 8.52. The van der Waals surface area contributed by atoms with Crippen molar-refractivity contribution in [1.29, 1.82) is 0 Å². The molecule has 1 heterocycles. The van der Waals surface area contributed by atoms with Crippen molar-refractivity contribution < 1.29 is 9.59 Å². The predicted octanol–water partition coefficient (Wildman–Crippen LogP) is 4.08. The SMILES string of the molecule is Cc1cc(Br)ccc1SCC(=O)Nc1ccc(N2CCNC(=O)C2)c(Cl)c1. The molecule has 1 aliphatic heterocycles. The highest BCUT2D eigenvalue weighted by Crippen LogP contribution is 2.30. The Balaban J connectivity index is 1.59. The molecule has 0 saturated carbocycles. The molecule has 2 aromatic rings. The van der Waals surface area contributed by atoms with Gasteiger partial charge in [-0.3, -0.25) is 9.59 Å². The molecule has 27 heavy (non-hydrogen) atoms. The predicted molar refractivity (Wildman–Crippen MR) is 115 cm³/mol. The number of nitrogens with one attached hydrogen (secondary N) is 2. The summed E-state index contributed by atoms with van der Waals surface area (Å²) in [6, 6.07) is 11.4. The quantitative estimate of drug-likeness (QED) is 0.649. The summed E-state index contributed by atoms with van der Waals surface area (Å²) in [5.74, 6) is 0.201. The van der Waals surface area contributed by atoms with E-state index in [1.165, 1.54) is 11.8 Å². The number of hydrogen-bond acceptors (Lipinski definition) is 4. The van der Waals surface area contributed by atoms with Gasteiger partial charge in [0.05, 0.1) is 23.0 Å². The number of rotatable bonds is 5. The summed E-state index contributed by atoms with van der Waals surface area (Å²) in [5, 5.41) is 6.17. The molecule has 1 saturated heterocycles. The minimum atomic E-state index is -0.0940. The maximum Gasteiger partial charge on any atom is 0.239 e. The number of hydrogen-bond donors (Lipinski definition) is 2. The Bertz CT molecular complexity index is 878. The standard InChI is InChI=1S/C19H19BrClN3O2S/c1-12-8-13(20)2-5-17(12)27-11-19(26)23-14-3-4-16(15(21)9-14)24-7-6-22-18(25)10-24/h2-5,8-9H,6-7,10-11H2,1H3,(H,22,25)(H,23,26). The largest absolute Gasteiger partial charge is 0.359 e. The minimum Gasteiger partial charge on any atom is -0.359 e. The maximum absolute atomic E-state index is 12.3. The zero-order chi connectivity index (χ0) is 19.4. The summed E-state index contributed by atoms with van der Waals surface area (Å²) in [4.78, 5) is 26.8. The van der Waals surface area contributed by atoms with Crippen molar-refractivity contribution in [3.05, 3.63) is 51.5 Å². The fourth-order valence-electron chi connectivity index (χ4n) is 2.80. The highest BCUT2D eigenvalue weighted by molar-refractivity contribution is 9.10. The second-order valence-electron chi connectivity index (χ2n) is 6.18. The van der Waals surface area contributed by atoms with Crippen molar-refractivity contribution >= 4 is 62.5 Å². The molecule has 0 aromatic heterocycles. The van der Waals surface area contributed by atoms with Crippen LogP contribution in [0.25, 0.3) is 0 Å². The lowest BCUT2D eigenvalue weighted by Crippen LogP contribution is -2.47. The van der Waals surface area contributed by atoms with Crippen molar-refractivity contribution in [2.75, 3.05) is 35.6 Å². The maximum atomic E-state index is 12.3. The van der Waals surface area contributed by atoms with Gasteiger partial charge in [-0.1, -0.05) is 27.5 Å². The highest BCUT2D eigenvalue weighted by atomic mass is 79.9. The zero-order valence-corrected chi connectivity index (χ0v) is 17.9. The smallest absolute Gasteiger partial charge is 0.239 e. The van der Waals surface area contributed by atoms with Crippen LogP contribution in [0, 0.1) is 6.92 Å². The average molecular weight is 469 g/mol. The van der Waals surface area contributed by atoms with Crippen LogP contribution in [-0.4, -0.2) is 37.2 Å². The molecule has 0 unspecified atom stereocenters. The molecular weight excluding hydrogens is 450 g/mol. The van der Waals surface area contributed by atoms with Crippen LogP contribution in [0.15, 0.2) is 45.8 Å². The molecule has 3 rings (SSSR count). The van der Waals surface area contributed by atoms with E-state index >= 15 is 0 Å². The Labute approximate surface area is 176 Å². The Morgan fingerprint density at radius 3 is 2.85 bits per heavy atom. The summed E-state index contributed by atoms with van der Waals surface area (Å²) < 4.78 is 1.02. The number of anilines is 2. The fourth-order valence-corrected chi connectivity index (χ4v) is 4.39. The topological polar surface area (TPSA) is 61.4 Å². The Kier molecular flexibility index (Phi) is 6.68. The highest BCUT2D eigenvalue weighted by Gasteiger charge is 2.19. The first-order valence-electron chi connectivity index (χ1n) is 8.42. The number of benzene rings is 2. The summed E-state index contributed by atoms with van der Waals surface area (Å²) in [5.41, 5.74) is 2.56. The summed E-state index contributed by atoms with van der Waals surface area (Å²) in [7, 11) is 0. The van der Waals surface area contributed by atoms with E-state index in [2.05, 4.69) is 26.6 Å². The average Bonchev–Trinajstić information content (AvgIpc) is 2.61. The van der Waals surface area contributed by atoms with Gasteiger partial charge in [0.25, 0.3) is 0 Å². The second kappa shape index (κ2) is 8.99. The molecular formula is C19H19BrClN3O2S. The van der Waals surface area contributed by atoms with E-state index in [1.807, 2.05) is 36.1 Å². The van der Waals surface area contributed by atoms with E-state index in [0.717, 1.165) is 20.6 Å². The molecule has 142 valence electrons. The van der Waals surface area contributed by atoms with Crippen LogP contribution >= 0.6 is 39.3 Å². The zero-order valence-electron chi connectivity index (χ0n) is 14.7. The molecule has 5 nitrogen and oxygen atoms in total. The number of piperazine rings is 1. The van der Waals surface area contributed by atoms with Gasteiger partial charge < -0.3 is 15.5 Å². The Hall–Kier alpha value is -1.70. The monoisotopic (exact) mass is 467 g/mol. The van der Waals surface area contributed by atoms with Crippen LogP contribution in [-0.2, 0) is 9.59 Å². The normalized spacial score (nSPS) is 14.0. The van der Waals surface area contributed by atoms with E-state index in [-0.39, 0.29) is 18.4 Å². The number of carbonyl (C=O) groups is 2. The molecule has 2 N–H and O–H groups in total. The van der Waals surface area contributed by atoms with Crippen molar-refractivity contribution in [2.24, 2.45) is 0 Å². The van der Waals surface area contributed by atoms with Gasteiger partial charge in [0.15, 0.2) is 0 Å². The Morgan fingerprint density at radius 2 is 2.15 bits per heavy atom. The number of nitrogens with zero attached hydrogens (tertiary/aromatic N) is 1.